The van der Waals surface area contributed by atoms with Crippen molar-refractivity contribution in [1.82, 2.24) is 9.97 Å². The minimum absolute atomic E-state index is 0.0339. The van der Waals surface area contributed by atoms with Crippen molar-refractivity contribution in [2.45, 2.75) is 12.3 Å². The van der Waals surface area contributed by atoms with Gasteiger partial charge in [0.1, 0.15) is 17.4 Å². The number of rotatable bonds is 1. The van der Waals surface area contributed by atoms with E-state index in [1.807, 2.05) is 0 Å². The van der Waals surface area contributed by atoms with E-state index in [2.05, 4.69) is 15.3 Å². The summed E-state index contributed by atoms with van der Waals surface area (Å²) in [6.07, 6.45) is 1.80. The lowest BCUT2D eigenvalue weighted by atomic mass is 9.90. The second-order valence-corrected chi connectivity index (χ2v) is 4.05. The van der Waals surface area contributed by atoms with Crippen molar-refractivity contribution in [3.63, 3.8) is 0 Å². The quantitative estimate of drug-likeness (QED) is 0.680. The standard InChI is InChI=1S/C11H11N5O2/c12-9-8-5(6-2-1-3-18-6)4-7(17)14-10(8)16-11(13)15-9/h1-3,5H,4H2,(H5,12,13,14,15,16,17). The number of amides is 1. The second-order valence-electron chi connectivity index (χ2n) is 4.05. The number of nitrogens with one attached hydrogen (secondary N) is 1. The van der Waals surface area contributed by atoms with Crippen LogP contribution < -0.4 is 16.8 Å². The molecule has 0 saturated carbocycles. The molecule has 1 aliphatic rings. The Bertz CT molecular complexity index is 608. The van der Waals surface area contributed by atoms with Crippen molar-refractivity contribution in [2.75, 3.05) is 16.8 Å². The highest BCUT2D eigenvalue weighted by Gasteiger charge is 2.32. The molecule has 0 aromatic carbocycles. The summed E-state index contributed by atoms with van der Waals surface area (Å²) in [4.78, 5) is 19.6. The molecule has 7 heteroatoms. The van der Waals surface area contributed by atoms with Gasteiger partial charge in [0.05, 0.1) is 12.2 Å². The fourth-order valence-corrected chi connectivity index (χ4v) is 2.15. The Morgan fingerprint density at radius 1 is 1.39 bits per heavy atom. The molecule has 1 amide bonds. The number of carbonyl (C=O) groups excluding carboxylic acids is 1. The molecular formula is C11H11N5O2. The summed E-state index contributed by atoms with van der Waals surface area (Å²) in [6, 6.07) is 3.55. The van der Waals surface area contributed by atoms with E-state index in [0.717, 1.165) is 0 Å². The molecule has 1 unspecified atom stereocenters. The molecule has 0 saturated heterocycles. The Hall–Kier alpha value is -2.57. The van der Waals surface area contributed by atoms with Gasteiger partial charge < -0.3 is 21.2 Å². The molecule has 5 N–H and O–H groups in total. The first kappa shape index (κ1) is 10.6. The summed E-state index contributed by atoms with van der Waals surface area (Å²) in [7, 11) is 0. The predicted octanol–water partition coefficient (Wildman–Crippen LogP) is 0.708. The molecule has 3 heterocycles. The topological polar surface area (TPSA) is 120 Å². The average molecular weight is 245 g/mol. The van der Waals surface area contributed by atoms with Crippen LogP contribution in [0.3, 0.4) is 0 Å². The smallest absolute Gasteiger partial charge is 0.226 e. The molecular weight excluding hydrogens is 234 g/mol. The Morgan fingerprint density at radius 3 is 2.94 bits per heavy atom. The normalized spacial score (nSPS) is 18.2. The van der Waals surface area contributed by atoms with Gasteiger partial charge in [-0.1, -0.05) is 0 Å². The van der Waals surface area contributed by atoms with E-state index in [-0.39, 0.29) is 30.0 Å². The molecule has 1 aliphatic heterocycles. The number of nitrogens with two attached hydrogens (primary N) is 2. The number of carbonyl (C=O) groups is 1. The maximum absolute atomic E-state index is 11.7. The SMILES string of the molecule is Nc1nc(N)c2c(n1)NC(=O)CC2c1ccco1. The van der Waals surface area contributed by atoms with Gasteiger partial charge in [0.15, 0.2) is 0 Å². The van der Waals surface area contributed by atoms with Crippen LogP contribution in [0.4, 0.5) is 17.6 Å². The van der Waals surface area contributed by atoms with E-state index in [4.69, 9.17) is 15.9 Å². The highest BCUT2D eigenvalue weighted by Crippen LogP contribution is 2.39. The molecule has 18 heavy (non-hydrogen) atoms. The number of nitrogens with zero attached hydrogens (tertiary/aromatic N) is 2. The third-order valence-electron chi connectivity index (χ3n) is 2.87. The number of fused-ring (bicyclic) bond motifs is 1. The minimum Gasteiger partial charge on any atom is -0.469 e. The zero-order chi connectivity index (χ0) is 12.7. The highest BCUT2D eigenvalue weighted by molar-refractivity contribution is 5.95. The van der Waals surface area contributed by atoms with Crippen LogP contribution in [0, 0.1) is 0 Å². The summed E-state index contributed by atoms with van der Waals surface area (Å²) in [5.74, 6) is 0.889. The lowest BCUT2D eigenvalue weighted by Crippen LogP contribution is -2.26. The van der Waals surface area contributed by atoms with Crippen LogP contribution in [0.25, 0.3) is 0 Å². The molecule has 1 atom stereocenters. The van der Waals surface area contributed by atoms with Crippen molar-refractivity contribution in [3.8, 4) is 0 Å². The first-order chi connectivity index (χ1) is 8.65. The van der Waals surface area contributed by atoms with Crippen molar-refractivity contribution in [1.29, 1.82) is 0 Å². The molecule has 7 nitrogen and oxygen atoms in total. The van der Waals surface area contributed by atoms with E-state index in [1.54, 1.807) is 18.4 Å². The van der Waals surface area contributed by atoms with Crippen LogP contribution in [0.15, 0.2) is 22.8 Å². The minimum atomic E-state index is -0.274. The van der Waals surface area contributed by atoms with Crippen LogP contribution in [-0.4, -0.2) is 15.9 Å². The molecule has 0 fully saturated rings. The maximum atomic E-state index is 11.7. The fraction of sp³-hybridized carbons (Fsp3) is 0.182. The van der Waals surface area contributed by atoms with Gasteiger partial charge in [-0.25, -0.2) is 0 Å². The second kappa shape index (κ2) is 3.73. The highest BCUT2D eigenvalue weighted by atomic mass is 16.3. The lowest BCUT2D eigenvalue weighted by molar-refractivity contribution is -0.116. The first-order valence-corrected chi connectivity index (χ1v) is 5.41. The van der Waals surface area contributed by atoms with Crippen LogP contribution in [-0.2, 0) is 4.79 Å². The third-order valence-corrected chi connectivity index (χ3v) is 2.87. The summed E-state index contributed by atoms with van der Waals surface area (Å²) in [5, 5.41) is 2.64. The van der Waals surface area contributed by atoms with Gasteiger partial charge in [0.2, 0.25) is 11.9 Å². The van der Waals surface area contributed by atoms with Gasteiger partial charge in [0, 0.05) is 12.0 Å². The number of nitrogen functional groups attached to an aromatic ring is 2. The molecule has 0 bridgehead atoms. The molecule has 2 aromatic rings. The van der Waals surface area contributed by atoms with Gasteiger partial charge in [-0.2, -0.15) is 9.97 Å². The molecule has 92 valence electrons. The first-order valence-electron chi connectivity index (χ1n) is 5.41. The lowest BCUT2D eigenvalue weighted by Gasteiger charge is -2.24. The summed E-state index contributed by atoms with van der Waals surface area (Å²) in [6.45, 7) is 0. The van der Waals surface area contributed by atoms with E-state index >= 15 is 0 Å². The predicted molar refractivity (Wildman–Crippen MR) is 64.7 cm³/mol. The monoisotopic (exact) mass is 245 g/mol. The largest absolute Gasteiger partial charge is 0.469 e. The van der Waals surface area contributed by atoms with Gasteiger partial charge >= 0.3 is 0 Å². The third kappa shape index (κ3) is 1.56. The Balaban J connectivity index is 2.18. The van der Waals surface area contributed by atoms with Gasteiger partial charge in [-0.3, -0.25) is 4.79 Å². The Morgan fingerprint density at radius 2 is 2.22 bits per heavy atom. The number of hydrogen-bond acceptors (Lipinski definition) is 6. The molecule has 2 aromatic heterocycles. The van der Waals surface area contributed by atoms with Crippen molar-refractivity contribution in [2.24, 2.45) is 0 Å². The summed E-state index contributed by atoms with van der Waals surface area (Å²) < 4.78 is 5.34. The number of aromatic nitrogens is 2. The van der Waals surface area contributed by atoms with Crippen LogP contribution in [0.2, 0.25) is 0 Å². The van der Waals surface area contributed by atoms with Crippen LogP contribution >= 0.6 is 0 Å². The van der Waals surface area contributed by atoms with Crippen LogP contribution in [0.5, 0.6) is 0 Å². The van der Waals surface area contributed by atoms with E-state index in [1.165, 1.54) is 0 Å². The molecule has 0 spiro atoms. The number of furan rings is 1. The molecule has 0 radical (unpaired) electrons. The van der Waals surface area contributed by atoms with E-state index < -0.39 is 0 Å². The maximum Gasteiger partial charge on any atom is 0.226 e. The van der Waals surface area contributed by atoms with E-state index in [9.17, 15) is 4.79 Å². The van der Waals surface area contributed by atoms with Gasteiger partial charge in [-0.05, 0) is 12.1 Å². The van der Waals surface area contributed by atoms with Crippen molar-refractivity contribution < 1.29 is 9.21 Å². The Kier molecular flexibility index (Phi) is 2.19. The summed E-state index contributed by atoms with van der Waals surface area (Å²) in [5.41, 5.74) is 12.0. The molecule has 0 aliphatic carbocycles. The zero-order valence-corrected chi connectivity index (χ0v) is 9.38. The number of hydrogen-bond donors (Lipinski definition) is 3. The Labute approximate surface area is 102 Å². The van der Waals surface area contributed by atoms with Gasteiger partial charge in [-0.15, -0.1) is 0 Å². The summed E-state index contributed by atoms with van der Waals surface area (Å²) >= 11 is 0. The number of anilines is 3. The van der Waals surface area contributed by atoms with Gasteiger partial charge in [0.25, 0.3) is 0 Å². The van der Waals surface area contributed by atoms with Crippen molar-refractivity contribution in [3.05, 3.63) is 29.7 Å². The fourth-order valence-electron chi connectivity index (χ4n) is 2.15. The average Bonchev–Trinajstić information content (AvgIpc) is 2.79. The van der Waals surface area contributed by atoms with Crippen molar-refractivity contribution >= 4 is 23.5 Å². The zero-order valence-electron chi connectivity index (χ0n) is 9.38. The van der Waals surface area contributed by atoms with E-state index in [0.29, 0.717) is 17.1 Å². The van der Waals surface area contributed by atoms with Crippen LogP contribution in [0.1, 0.15) is 23.7 Å². The molecule has 3 rings (SSSR count).